The molecule has 34 heavy (non-hydrogen) atoms. The average Bonchev–Trinajstić information content (AvgIpc) is 2.86. The first kappa shape index (κ1) is 27.9. The van der Waals surface area contributed by atoms with Crippen molar-refractivity contribution >= 4 is 11.6 Å². The van der Waals surface area contributed by atoms with Gasteiger partial charge in [-0.3, -0.25) is 9.59 Å². The van der Waals surface area contributed by atoms with Gasteiger partial charge in [-0.05, 0) is 63.0 Å². The lowest BCUT2D eigenvalue weighted by molar-refractivity contribution is 0.0956. The van der Waals surface area contributed by atoms with Crippen molar-refractivity contribution in [3.8, 4) is 11.1 Å². The van der Waals surface area contributed by atoms with E-state index in [2.05, 4.69) is 37.5 Å². The van der Waals surface area contributed by atoms with E-state index in [0.717, 1.165) is 87.2 Å². The van der Waals surface area contributed by atoms with Crippen LogP contribution >= 0.6 is 0 Å². The molecule has 0 bridgehead atoms. The fraction of sp³-hybridized carbons (Fsp3) is 0.533. The Balaban J connectivity index is 1.93. The summed E-state index contributed by atoms with van der Waals surface area (Å²) in [5, 5.41) is 0. The zero-order chi connectivity index (χ0) is 24.8. The molecular weight excluding hydrogens is 420 g/mol. The second-order valence-corrected chi connectivity index (χ2v) is 9.18. The summed E-state index contributed by atoms with van der Waals surface area (Å²) in [4.78, 5) is 30.0. The van der Waals surface area contributed by atoms with Gasteiger partial charge in [-0.25, -0.2) is 0 Å². The van der Waals surface area contributed by atoms with E-state index < -0.39 is 0 Å². The fourth-order valence-corrected chi connectivity index (χ4v) is 4.44. The Morgan fingerprint density at radius 1 is 0.500 bits per heavy atom. The zero-order valence-electron chi connectivity index (χ0n) is 21.8. The number of hydrogen-bond donors (Lipinski definition) is 0. The van der Waals surface area contributed by atoms with E-state index in [-0.39, 0.29) is 11.6 Å². The largest absolute Gasteiger partial charge is 0.303 e. The minimum Gasteiger partial charge on any atom is -0.303 e. The number of carbonyl (C=O) groups excluding carboxylic acids is 2. The van der Waals surface area contributed by atoms with E-state index in [1.165, 1.54) is 0 Å². The van der Waals surface area contributed by atoms with Crippen molar-refractivity contribution in [1.82, 2.24) is 9.80 Å². The van der Waals surface area contributed by atoms with E-state index in [9.17, 15) is 9.59 Å². The van der Waals surface area contributed by atoms with Gasteiger partial charge in [0.1, 0.15) is 0 Å². The van der Waals surface area contributed by atoms with Crippen molar-refractivity contribution in [2.24, 2.45) is 0 Å². The van der Waals surface area contributed by atoms with Crippen LogP contribution in [0.15, 0.2) is 48.5 Å². The van der Waals surface area contributed by atoms with Crippen LogP contribution < -0.4 is 0 Å². The first-order valence-corrected chi connectivity index (χ1v) is 13.2. The van der Waals surface area contributed by atoms with Crippen LogP contribution in [0.1, 0.15) is 86.9 Å². The molecule has 0 aliphatic heterocycles. The zero-order valence-corrected chi connectivity index (χ0v) is 21.8. The molecule has 0 amide bonds. The Morgan fingerprint density at radius 3 is 1.06 bits per heavy atom. The summed E-state index contributed by atoms with van der Waals surface area (Å²) in [6.07, 6.45) is 5.58. The molecule has 0 aromatic heterocycles. The SMILES string of the molecule is CCCN(CCC)CCC(=O)c1ccc(-c2ccc(C(=O)CCN(CCC)CCC)cc2)cc1. The van der Waals surface area contributed by atoms with E-state index in [4.69, 9.17) is 0 Å². The van der Waals surface area contributed by atoms with Gasteiger partial charge in [0.25, 0.3) is 0 Å². The molecule has 0 N–H and O–H groups in total. The van der Waals surface area contributed by atoms with Gasteiger partial charge in [0.05, 0.1) is 0 Å². The summed E-state index contributed by atoms with van der Waals surface area (Å²) in [5.41, 5.74) is 3.66. The van der Waals surface area contributed by atoms with Gasteiger partial charge in [-0.1, -0.05) is 76.2 Å². The van der Waals surface area contributed by atoms with Gasteiger partial charge < -0.3 is 9.80 Å². The van der Waals surface area contributed by atoms with E-state index in [1.807, 2.05) is 48.5 Å². The molecule has 0 heterocycles. The minimum absolute atomic E-state index is 0.199. The molecule has 0 fully saturated rings. The maximum atomic E-state index is 12.6. The number of benzene rings is 2. The molecule has 0 aliphatic carbocycles. The average molecular weight is 465 g/mol. The normalized spacial score (nSPS) is 11.4. The molecule has 0 unspecified atom stereocenters. The Hall–Kier alpha value is -2.30. The van der Waals surface area contributed by atoms with Gasteiger partial charge in [0.2, 0.25) is 0 Å². The van der Waals surface area contributed by atoms with Gasteiger partial charge in [0.15, 0.2) is 11.6 Å². The molecule has 4 nitrogen and oxygen atoms in total. The highest BCUT2D eigenvalue weighted by Crippen LogP contribution is 2.21. The molecule has 4 heteroatoms. The van der Waals surface area contributed by atoms with Crippen LogP contribution in [0, 0.1) is 0 Å². The highest BCUT2D eigenvalue weighted by Gasteiger charge is 2.12. The van der Waals surface area contributed by atoms with Crippen LogP contribution in [0.2, 0.25) is 0 Å². The summed E-state index contributed by atoms with van der Waals surface area (Å²) in [7, 11) is 0. The minimum atomic E-state index is 0.199. The molecule has 0 aliphatic rings. The standard InChI is InChI=1S/C30H44N2O2/c1-5-19-31(20-6-2)23-17-29(33)27-13-9-25(10-14-27)26-11-15-28(16-12-26)30(34)18-24-32(21-7-3)22-8-4/h9-16H,5-8,17-24H2,1-4H3. The van der Waals surface area contributed by atoms with Gasteiger partial charge in [0, 0.05) is 37.1 Å². The topological polar surface area (TPSA) is 40.6 Å². The summed E-state index contributed by atoms with van der Waals surface area (Å²) in [6, 6.07) is 15.7. The lowest BCUT2D eigenvalue weighted by atomic mass is 9.99. The lowest BCUT2D eigenvalue weighted by Crippen LogP contribution is -2.28. The third kappa shape index (κ3) is 9.15. The smallest absolute Gasteiger partial charge is 0.164 e. The predicted octanol–water partition coefficient (Wildman–Crippen LogP) is 6.74. The maximum absolute atomic E-state index is 12.6. The summed E-state index contributed by atoms with van der Waals surface area (Å²) in [6.45, 7) is 14.6. The molecule has 0 saturated carbocycles. The molecule has 186 valence electrons. The highest BCUT2D eigenvalue weighted by molar-refractivity contribution is 5.97. The molecule has 2 rings (SSSR count). The monoisotopic (exact) mass is 464 g/mol. The molecule has 0 atom stereocenters. The second-order valence-electron chi connectivity index (χ2n) is 9.18. The third-order valence-corrected chi connectivity index (χ3v) is 6.22. The number of rotatable bonds is 17. The van der Waals surface area contributed by atoms with Crippen LogP contribution in [0.5, 0.6) is 0 Å². The fourth-order valence-electron chi connectivity index (χ4n) is 4.44. The van der Waals surface area contributed by atoms with Crippen molar-refractivity contribution in [3.05, 3.63) is 59.7 Å². The van der Waals surface area contributed by atoms with Crippen LogP contribution in [0.25, 0.3) is 11.1 Å². The van der Waals surface area contributed by atoms with Gasteiger partial charge in [-0.2, -0.15) is 0 Å². The number of nitrogens with zero attached hydrogens (tertiary/aromatic N) is 2. The lowest BCUT2D eigenvalue weighted by Gasteiger charge is -2.20. The second kappa shape index (κ2) is 15.6. The number of carbonyl (C=O) groups is 2. The van der Waals surface area contributed by atoms with Crippen LogP contribution in [-0.4, -0.2) is 60.6 Å². The molecular formula is C30H44N2O2. The summed E-state index contributed by atoms with van der Waals surface area (Å²) >= 11 is 0. The number of Topliss-reactive ketones (excluding diaryl/α,β-unsaturated/α-hetero) is 2. The summed E-state index contributed by atoms with van der Waals surface area (Å²) in [5.74, 6) is 0.398. The van der Waals surface area contributed by atoms with Gasteiger partial charge in [-0.15, -0.1) is 0 Å². The van der Waals surface area contributed by atoms with Crippen LogP contribution in [0.4, 0.5) is 0 Å². The third-order valence-electron chi connectivity index (χ3n) is 6.22. The molecule has 0 saturated heterocycles. The Kier molecular flexibility index (Phi) is 12.8. The first-order chi connectivity index (χ1) is 16.5. The van der Waals surface area contributed by atoms with Crippen LogP contribution in [-0.2, 0) is 0 Å². The summed E-state index contributed by atoms with van der Waals surface area (Å²) < 4.78 is 0. The van der Waals surface area contributed by atoms with Crippen LogP contribution in [0.3, 0.4) is 0 Å². The number of hydrogen-bond acceptors (Lipinski definition) is 4. The first-order valence-electron chi connectivity index (χ1n) is 13.2. The van der Waals surface area contributed by atoms with Crippen molar-refractivity contribution in [3.63, 3.8) is 0 Å². The Labute approximate surface area is 207 Å². The molecule has 0 spiro atoms. The number of ketones is 2. The molecule has 0 radical (unpaired) electrons. The van der Waals surface area contributed by atoms with Crippen molar-refractivity contribution in [2.45, 2.75) is 66.2 Å². The highest BCUT2D eigenvalue weighted by atomic mass is 16.1. The van der Waals surface area contributed by atoms with E-state index >= 15 is 0 Å². The van der Waals surface area contributed by atoms with Gasteiger partial charge >= 0.3 is 0 Å². The van der Waals surface area contributed by atoms with E-state index in [1.54, 1.807) is 0 Å². The van der Waals surface area contributed by atoms with Crippen molar-refractivity contribution < 1.29 is 9.59 Å². The Bertz CT molecular complexity index is 773. The van der Waals surface area contributed by atoms with E-state index in [0.29, 0.717) is 12.8 Å². The predicted molar refractivity (Wildman–Crippen MR) is 144 cm³/mol. The Morgan fingerprint density at radius 2 is 0.794 bits per heavy atom. The molecule has 2 aromatic carbocycles. The molecule has 2 aromatic rings. The quantitative estimate of drug-likeness (QED) is 0.243. The van der Waals surface area contributed by atoms with Crippen molar-refractivity contribution in [1.29, 1.82) is 0 Å². The van der Waals surface area contributed by atoms with Crippen molar-refractivity contribution in [2.75, 3.05) is 39.3 Å². The maximum Gasteiger partial charge on any atom is 0.164 e.